The van der Waals surface area contributed by atoms with Crippen molar-refractivity contribution in [1.29, 1.82) is 0 Å². The van der Waals surface area contributed by atoms with Gasteiger partial charge in [-0.1, -0.05) is 19.8 Å². The van der Waals surface area contributed by atoms with Gasteiger partial charge in [-0.25, -0.2) is 4.98 Å². The lowest BCUT2D eigenvalue weighted by atomic mass is 10.1. The number of nitrogens with one attached hydrogen (secondary N) is 2. The van der Waals surface area contributed by atoms with Crippen LogP contribution in [0.1, 0.15) is 44.5 Å². The third-order valence-corrected chi connectivity index (χ3v) is 6.97. The second-order valence-electron chi connectivity index (χ2n) is 10.1. The smallest absolute Gasteiger partial charge is 0.317 e. The number of carbonyl (C=O) groups is 1. The second kappa shape index (κ2) is 15.8. The monoisotopic (exact) mass is 588 g/mol. The largest absolute Gasteiger partial charge is 0.497 e. The van der Waals surface area contributed by atoms with Crippen molar-refractivity contribution in [1.82, 2.24) is 25.6 Å². The number of anilines is 2. The van der Waals surface area contributed by atoms with Gasteiger partial charge in [0.1, 0.15) is 17.7 Å². The summed E-state index contributed by atoms with van der Waals surface area (Å²) in [7, 11) is 3.22. The molecule has 43 heavy (non-hydrogen) atoms. The molecule has 0 saturated heterocycles. The summed E-state index contributed by atoms with van der Waals surface area (Å²) in [6, 6.07) is 15.2. The molecule has 0 fully saturated rings. The van der Waals surface area contributed by atoms with E-state index in [0.29, 0.717) is 54.5 Å². The molecule has 0 spiro atoms. The van der Waals surface area contributed by atoms with Crippen LogP contribution in [0.3, 0.4) is 0 Å². The van der Waals surface area contributed by atoms with E-state index in [-0.39, 0.29) is 6.54 Å². The van der Waals surface area contributed by atoms with Crippen molar-refractivity contribution in [3.8, 4) is 22.8 Å². The van der Waals surface area contributed by atoms with Gasteiger partial charge in [-0.05, 0) is 56.3 Å². The first kappa shape index (κ1) is 31.6. The number of aliphatic carboxylic acids is 1. The zero-order valence-electron chi connectivity index (χ0n) is 24.9. The number of aliphatic hydroxyl groups excluding tert-OH is 1. The molecule has 2 heterocycles. The molecule has 2 aromatic heterocycles. The van der Waals surface area contributed by atoms with Gasteiger partial charge >= 0.3 is 5.97 Å². The van der Waals surface area contributed by atoms with Gasteiger partial charge in [0, 0.05) is 47.9 Å². The average molecular weight is 589 g/mol. The first-order chi connectivity index (χ1) is 20.9. The van der Waals surface area contributed by atoms with Crippen LogP contribution >= 0.6 is 0 Å². The van der Waals surface area contributed by atoms with Crippen molar-refractivity contribution in [2.24, 2.45) is 0 Å². The molecule has 1 atom stereocenters. The van der Waals surface area contributed by atoms with Crippen LogP contribution in [0.2, 0.25) is 0 Å². The minimum Gasteiger partial charge on any atom is -0.497 e. The van der Waals surface area contributed by atoms with Crippen LogP contribution in [0.15, 0.2) is 60.9 Å². The first-order valence-corrected chi connectivity index (χ1v) is 14.5. The van der Waals surface area contributed by atoms with Gasteiger partial charge in [0.25, 0.3) is 0 Å². The van der Waals surface area contributed by atoms with Crippen LogP contribution in [0, 0.1) is 0 Å². The molecule has 1 unspecified atom stereocenters. The van der Waals surface area contributed by atoms with E-state index in [2.05, 4.69) is 32.4 Å². The van der Waals surface area contributed by atoms with Crippen LogP contribution in [-0.2, 0) is 4.79 Å². The highest BCUT2D eigenvalue weighted by molar-refractivity contribution is 5.83. The van der Waals surface area contributed by atoms with E-state index < -0.39 is 12.2 Å². The van der Waals surface area contributed by atoms with E-state index in [4.69, 9.17) is 19.6 Å². The first-order valence-electron chi connectivity index (χ1n) is 14.5. The number of nitrogens with zero attached hydrogens (tertiary/aromatic N) is 4. The van der Waals surface area contributed by atoms with Crippen LogP contribution in [-0.4, -0.2) is 71.5 Å². The molecule has 0 saturated carbocycles. The SMILES string of the molecule is CCCCCNC(O)c1cc(-c2cnc3ccc(N(CCCNCC(=O)O)c4cc(OC)cc(OC)c4)cc3n2)ccn1. The number of ether oxygens (including phenoxy) is 2. The van der Waals surface area contributed by atoms with Gasteiger partial charge in [0.2, 0.25) is 0 Å². The Kier molecular flexibility index (Phi) is 11.6. The van der Waals surface area contributed by atoms with Crippen molar-refractivity contribution in [3.05, 3.63) is 66.6 Å². The topological polar surface area (TPSA) is 142 Å². The molecule has 0 bridgehead atoms. The maximum atomic E-state index is 10.9. The molecule has 4 rings (SSSR count). The van der Waals surface area contributed by atoms with Crippen LogP contribution in [0.5, 0.6) is 11.5 Å². The third kappa shape index (κ3) is 8.84. The number of fused-ring (bicyclic) bond motifs is 1. The zero-order valence-corrected chi connectivity index (χ0v) is 24.9. The number of carboxylic acids is 1. The van der Waals surface area contributed by atoms with E-state index in [0.717, 1.165) is 41.7 Å². The summed E-state index contributed by atoms with van der Waals surface area (Å²) in [5.74, 6) is 0.417. The van der Waals surface area contributed by atoms with Crippen LogP contribution < -0.4 is 25.0 Å². The normalized spacial score (nSPS) is 11.8. The zero-order chi connectivity index (χ0) is 30.6. The van der Waals surface area contributed by atoms with E-state index in [1.54, 1.807) is 26.6 Å². The lowest BCUT2D eigenvalue weighted by molar-refractivity contribution is -0.135. The predicted octanol–water partition coefficient (Wildman–Crippen LogP) is 4.68. The Morgan fingerprint density at radius 1 is 0.930 bits per heavy atom. The summed E-state index contributed by atoms with van der Waals surface area (Å²) in [4.78, 5) is 27.0. The molecule has 4 N–H and O–H groups in total. The number of hydrogen-bond donors (Lipinski definition) is 4. The molecule has 11 heteroatoms. The fourth-order valence-corrected chi connectivity index (χ4v) is 4.70. The Morgan fingerprint density at radius 2 is 1.72 bits per heavy atom. The summed E-state index contributed by atoms with van der Waals surface area (Å²) < 4.78 is 11.0. The minimum absolute atomic E-state index is 0.0933. The van der Waals surface area contributed by atoms with Gasteiger partial charge < -0.3 is 29.9 Å². The number of unbranched alkanes of at least 4 members (excludes halogenated alkanes) is 2. The fraction of sp³-hybridized carbons (Fsp3) is 0.375. The average Bonchev–Trinajstić information content (AvgIpc) is 3.03. The molecular weight excluding hydrogens is 548 g/mol. The van der Waals surface area contributed by atoms with Gasteiger partial charge in [0.15, 0.2) is 0 Å². The number of benzene rings is 2. The van der Waals surface area contributed by atoms with E-state index in [1.165, 1.54) is 0 Å². The summed E-state index contributed by atoms with van der Waals surface area (Å²) in [6.07, 6.45) is 6.42. The Labute approximate surface area is 251 Å². The van der Waals surface area contributed by atoms with Crippen molar-refractivity contribution in [2.45, 2.75) is 38.8 Å². The highest BCUT2D eigenvalue weighted by Crippen LogP contribution is 2.34. The number of carboxylic acid groups (broad SMARTS) is 1. The molecule has 228 valence electrons. The summed E-state index contributed by atoms with van der Waals surface area (Å²) >= 11 is 0. The maximum absolute atomic E-state index is 10.9. The van der Waals surface area contributed by atoms with E-state index in [9.17, 15) is 9.90 Å². The summed E-state index contributed by atoms with van der Waals surface area (Å²) in [6.45, 7) is 3.89. The highest BCUT2D eigenvalue weighted by atomic mass is 16.5. The minimum atomic E-state index is -0.891. The van der Waals surface area contributed by atoms with Gasteiger partial charge in [-0.3, -0.25) is 20.1 Å². The van der Waals surface area contributed by atoms with Crippen LogP contribution in [0.4, 0.5) is 11.4 Å². The number of hydrogen-bond acceptors (Lipinski definition) is 10. The molecule has 11 nitrogen and oxygen atoms in total. The van der Waals surface area contributed by atoms with Crippen molar-refractivity contribution < 1.29 is 24.5 Å². The Morgan fingerprint density at radius 3 is 2.44 bits per heavy atom. The maximum Gasteiger partial charge on any atom is 0.317 e. The molecule has 0 aliphatic heterocycles. The molecule has 0 amide bonds. The predicted molar refractivity (Wildman–Crippen MR) is 167 cm³/mol. The molecule has 0 aliphatic rings. The van der Waals surface area contributed by atoms with Gasteiger partial charge in [-0.2, -0.15) is 0 Å². The lowest BCUT2D eigenvalue weighted by Crippen LogP contribution is -2.27. The van der Waals surface area contributed by atoms with E-state index in [1.807, 2.05) is 48.5 Å². The molecule has 4 aromatic rings. The number of rotatable bonds is 17. The quantitative estimate of drug-likeness (QED) is 0.101. The highest BCUT2D eigenvalue weighted by Gasteiger charge is 2.15. The Bertz CT molecular complexity index is 1480. The second-order valence-corrected chi connectivity index (χ2v) is 10.1. The number of methoxy groups -OCH3 is 2. The Balaban J connectivity index is 1.63. The Hall–Kier alpha value is -4.32. The summed E-state index contributed by atoms with van der Waals surface area (Å²) in [5, 5.41) is 25.6. The number of pyridine rings is 1. The lowest BCUT2D eigenvalue weighted by Gasteiger charge is -2.26. The molecule has 0 radical (unpaired) electrons. The summed E-state index contributed by atoms with van der Waals surface area (Å²) in [5.41, 5.74) is 5.18. The fourth-order valence-electron chi connectivity index (χ4n) is 4.70. The van der Waals surface area contributed by atoms with Crippen molar-refractivity contribution >= 4 is 28.4 Å². The van der Waals surface area contributed by atoms with E-state index >= 15 is 0 Å². The third-order valence-electron chi connectivity index (χ3n) is 6.97. The van der Waals surface area contributed by atoms with Crippen molar-refractivity contribution in [2.75, 3.05) is 45.3 Å². The molecule has 2 aromatic carbocycles. The molecular formula is C32H40N6O5. The van der Waals surface area contributed by atoms with Crippen molar-refractivity contribution in [3.63, 3.8) is 0 Å². The number of aliphatic hydroxyl groups is 1. The number of aromatic nitrogens is 3. The van der Waals surface area contributed by atoms with Gasteiger partial charge in [-0.15, -0.1) is 0 Å². The standard InChI is InChI=1S/C32H40N6O5/c1-4-5-6-12-35-32(41)29-15-22(10-13-34-29)30-20-36-27-9-8-23(18-28(27)37-30)38(14-7-11-33-21-31(39)40)24-16-25(42-2)19-26(17-24)43-3/h8-10,13,15-20,32-33,35,41H,4-7,11-12,14,21H2,1-3H3,(H,39,40). The van der Waals surface area contributed by atoms with Gasteiger partial charge in [0.05, 0.1) is 49.4 Å². The molecule has 0 aliphatic carbocycles. The van der Waals surface area contributed by atoms with Crippen LogP contribution in [0.25, 0.3) is 22.3 Å².